The van der Waals surface area contributed by atoms with Gasteiger partial charge in [-0.1, -0.05) is 73.9 Å². The minimum Gasteiger partial charge on any atom is -0.352 e. The number of carbonyl (C=O) groups is 2. The lowest BCUT2D eigenvalue weighted by molar-refractivity contribution is -0.141. The summed E-state index contributed by atoms with van der Waals surface area (Å²) in [6.45, 7) is 3.52. The molecule has 7 nitrogen and oxygen atoms in total. The molecule has 0 unspecified atom stereocenters. The molecule has 3 aromatic rings. The van der Waals surface area contributed by atoms with Crippen LogP contribution in [0.25, 0.3) is 10.8 Å². The van der Waals surface area contributed by atoms with Crippen LogP contribution in [-0.4, -0.2) is 55.1 Å². The SMILES string of the molecule is Cc1ccccc1CN(C(=O)CN(C)S(=O)(=O)c1ccc2ccccc2c1)[C@@H](C)C(=O)NC1CCCCC1. The van der Waals surface area contributed by atoms with Crippen molar-refractivity contribution in [2.45, 2.75) is 69.5 Å². The predicted molar refractivity (Wildman–Crippen MR) is 150 cm³/mol. The first-order valence-corrected chi connectivity index (χ1v) is 14.7. The molecule has 2 amide bonds. The standard InChI is InChI=1S/C30H37N3O4S/c1-22-11-7-8-14-26(22)20-33(23(2)30(35)31-27-15-5-4-6-16-27)29(34)21-32(3)38(36,37)28-18-17-24-12-9-10-13-25(24)19-28/h7-14,17-19,23,27H,4-6,15-16,20-21H2,1-3H3,(H,31,35)/t23-/m0/s1. The molecule has 4 rings (SSSR count). The van der Waals surface area contributed by atoms with Crippen LogP contribution in [0.15, 0.2) is 71.6 Å². The van der Waals surface area contributed by atoms with Gasteiger partial charge >= 0.3 is 0 Å². The number of likely N-dealkylation sites (N-methyl/N-ethyl adjacent to an activating group) is 1. The zero-order valence-corrected chi connectivity index (χ0v) is 23.2. The third-order valence-electron chi connectivity index (χ3n) is 7.51. The number of nitrogens with zero attached hydrogens (tertiary/aromatic N) is 2. The van der Waals surface area contributed by atoms with E-state index in [9.17, 15) is 18.0 Å². The Morgan fingerprint density at radius 1 is 0.947 bits per heavy atom. The van der Waals surface area contributed by atoms with E-state index < -0.39 is 22.0 Å². The van der Waals surface area contributed by atoms with Gasteiger partial charge in [0.15, 0.2) is 0 Å². The molecule has 38 heavy (non-hydrogen) atoms. The second kappa shape index (κ2) is 12.1. The van der Waals surface area contributed by atoms with Gasteiger partial charge in [0.05, 0.1) is 11.4 Å². The van der Waals surface area contributed by atoms with Crippen molar-refractivity contribution >= 4 is 32.6 Å². The summed E-state index contributed by atoms with van der Waals surface area (Å²) in [5, 5.41) is 4.86. The third-order valence-corrected chi connectivity index (χ3v) is 9.31. The average molecular weight is 536 g/mol. The van der Waals surface area contributed by atoms with Gasteiger partial charge in [0.1, 0.15) is 6.04 Å². The molecule has 0 spiro atoms. The molecule has 3 aromatic carbocycles. The zero-order valence-electron chi connectivity index (χ0n) is 22.4. The number of amides is 2. The maximum Gasteiger partial charge on any atom is 0.243 e. The van der Waals surface area contributed by atoms with E-state index in [4.69, 9.17) is 0 Å². The summed E-state index contributed by atoms with van der Waals surface area (Å²) in [7, 11) is -2.52. The molecule has 0 radical (unpaired) electrons. The van der Waals surface area contributed by atoms with Gasteiger partial charge in [0.2, 0.25) is 21.8 Å². The number of nitrogens with one attached hydrogen (secondary N) is 1. The van der Waals surface area contributed by atoms with Gasteiger partial charge in [-0.3, -0.25) is 9.59 Å². The Bertz CT molecular complexity index is 1400. The first-order chi connectivity index (χ1) is 18.2. The number of fused-ring (bicyclic) bond motifs is 1. The van der Waals surface area contributed by atoms with Gasteiger partial charge in [-0.2, -0.15) is 4.31 Å². The molecule has 1 N–H and O–H groups in total. The minimum atomic E-state index is -3.92. The number of benzene rings is 3. The van der Waals surface area contributed by atoms with Crippen molar-refractivity contribution in [3.8, 4) is 0 Å². The van der Waals surface area contributed by atoms with Crippen LogP contribution in [0, 0.1) is 6.92 Å². The Kier molecular flexibility index (Phi) is 8.84. The molecule has 1 aliphatic carbocycles. The van der Waals surface area contributed by atoms with Crippen molar-refractivity contribution in [1.82, 2.24) is 14.5 Å². The first kappa shape index (κ1) is 27.8. The Balaban J connectivity index is 1.54. The lowest BCUT2D eigenvalue weighted by atomic mass is 9.95. The molecule has 0 bridgehead atoms. The van der Waals surface area contributed by atoms with Crippen LogP contribution in [0.1, 0.15) is 50.2 Å². The molecule has 0 saturated heterocycles. The van der Waals surface area contributed by atoms with E-state index in [0.717, 1.165) is 51.9 Å². The number of aryl methyl sites for hydroxylation is 1. The number of hydrogen-bond donors (Lipinski definition) is 1. The van der Waals surface area contributed by atoms with E-state index in [2.05, 4.69) is 5.32 Å². The van der Waals surface area contributed by atoms with Gasteiger partial charge in [-0.05, 0) is 60.7 Å². The van der Waals surface area contributed by atoms with Gasteiger partial charge in [0, 0.05) is 19.6 Å². The summed E-state index contributed by atoms with van der Waals surface area (Å²) >= 11 is 0. The molecule has 1 atom stereocenters. The summed E-state index contributed by atoms with van der Waals surface area (Å²) in [4.78, 5) is 28.5. The number of carbonyl (C=O) groups excluding carboxylic acids is 2. The largest absolute Gasteiger partial charge is 0.352 e. The summed E-state index contributed by atoms with van der Waals surface area (Å²) in [5.41, 5.74) is 1.92. The molecule has 202 valence electrons. The summed E-state index contributed by atoms with van der Waals surface area (Å²) < 4.78 is 27.8. The minimum absolute atomic E-state index is 0.116. The van der Waals surface area contributed by atoms with Gasteiger partial charge in [-0.15, -0.1) is 0 Å². The number of sulfonamides is 1. The third kappa shape index (κ3) is 6.42. The highest BCUT2D eigenvalue weighted by molar-refractivity contribution is 7.89. The summed E-state index contributed by atoms with van der Waals surface area (Å²) in [6, 6.07) is 19.6. The Morgan fingerprint density at radius 2 is 1.61 bits per heavy atom. The van der Waals surface area contributed by atoms with Crippen LogP contribution in [0.5, 0.6) is 0 Å². The van der Waals surface area contributed by atoms with E-state index in [1.54, 1.807) is 25.1 Å². The fourth-order valence-electron chi connectivity index (χ4n) is 5.00. The van der Waals surface area contributed by atoms with E-state index >= 15 is 0 Å². The fourth-order valence-corrected chi connectivity index (χ4v) is 6.15. The molecular formula is C30H37N3O4S. The van der Waals surface area contributed by atoms with Crippen molar-refractivity contribution in [2.24, 2.45) is 0 Å². The van der Waals surface area contributed by atoms with Crippen LogP contribution in [-0.2, 0) is 26.2 Å². The molecule has 1 aliphatic rings. The highest BCUT2D eigenvalue weighted by atomic mass is 32.2. The lowest BCUT2D eigenvalue weighted by Gasteiger charge is -2.32. The molecule has 1 saturated carbocycles. The van der Waals surface area contributed by atoms with Gasteiger partial charge in [-0.25, -0.2) is 8.42 Å². The van der Waals surface area contributed by atoms with Crippen molar-refractivity contribution in [3.63, 3.8) is 0 Å². The van der Waals surface area contributed by atoms with Crippen molar-refractivity contribution in [2.75, 3.05) is 13.6 Å². The van der Waals surface area contributed by atoms with E-state index in [1.807, 2.05) is 55.5 Å². The summed E-state index contributed by atoms with van der Waals surface area (Å²) in [6.07, 6.45) is 5.23. The highest BCUT2D eigenvalue weighted by Gasteiger charge is 2.31. The topological polar surface area (TPSA) is 86.8 Å². The molecular weight excluding hydrogens is 498 g/mol. The molecule has 0 aromatic heterocycles. The van der Waals surface area contributed by atoms with E-state index in [0.29, 0.717) is 0 Å². The monoisotopic (exact) mass is 535 g/mol. The summed E-state index contributed by atoms with van der Waals surface area (Å²) in [5.74, 6) is -0.634. The van der Waals surface area contributed by atoms with Crippen molar-refractivity contribution < 1.29 is 18.0 Å². The maximum atomic E-state index is 13.6. The zero-order chi connectivity index (χ0) is 27.3. The second-order valence-electron chi connectivity index (χ2n) is 10.2. The van der Waals surface area contributed by atoms with Crippen LogP contribution >= 0.6 is 0 Å². The van der Waals surface area contributed by atoms with Crippen molar-refractivity contribution in [1.29, 1.82) is 0 Å². The van der Waals surface area contributed by atoms with E-state index in [-0.39, 0.29) is 29.9 Å². The second-order valence-corrected chi connectivity index (χ2v) is 12.3. The van der Waals surface area contributed by atoms with E-state index in [1.165, 1.54) is 18.4 Å². The quantitative estimate of drug-likeness (QED) is 0.433. The predicted octanol–water partition coefficient (Wildman–Crippen LogP) is 4.63. The van der Waals surface area contributed by atoms with Crippen LogP contribution < -0.4 is 5.32 Å². The number of hydrogen-bond acceptors (Lipinski definition) is 4. The van der Waals surface area contributed by atoms with Crippen molar-refractivity contribution in [3.05, 3.63) is 77.9 Å². The van der Waals surface area contributed by atoms with Crippen LogP contribution in [0.2, 0.25) is 0 Å². The fraction of sp³-hybridized carbons (Fsp3) is 0.400. The van der Waals surface area contributed by atoms with Gasteiger partial charge in [0.25, 0.3) is 0 Å². The smallest absolute Gasteiger partial charge is 0.243 e. The molecule has 8 heteroatoms. The molecule has 1 fully saturated rings. The Morgan fingerprint density at radius 3 is 2.32 bits per heavy atom. The molecule has 0 heterocycles. The lowest BCUT2D eigenvalue weighted by Crippen LogP contribution is -2.52. The Labute approximate surface area is 225 Å². The van der Waals surface area contributed by atoms with Gasteiger partial charge < -0.3 is 10.2 Å². The number of rotatable bonds is 9. The average Bonchev–Trinajstić information content (AvgIpc) is 2.92. The molecule has 0 aliphatic heterocycles. The normalized spacial score (nSPS) is 15.4. The Hall–Kier alpha value is -3.23. The van der Waals surface area contributed by atoms with Crippen LogP contribution in [0.4, 0.5) is 0 Å². The van der Waals surface area contributed by atoms with Crippen LogP contribution in [0.3, 0.4) is 0 Å². The first-order valence-electron chi connectivity index (χ1n) is 13.3. The maximum absolute atomic E-state index is 13.6. The highest BCUT2D eigenvalue weighted by Crippen LogP contribution is 2.22.